The molecule has 0 unspecified atom stereocenters. The molecule has 0 bridgehead atoms. The van der Waals surface area contributed by atoms with E-state index in [1.807, 2.05) is 35.8 Å². The maximum Gasteiger partial charge on any atom is 0.287 e. The van der Waals surface area contributed by atoms with Gasteiger partial charge in [-0.3, -0.25) is 10.1 Å². The molecule has 0 aliphatic rings. The highest BCUT2D eigenvalue weighted by Crippen LogP contribution is 2.32. The van der Waals surface area contributed by atoms with Gasteiger partial charge in [0.25, 0.3) is 5.69 Å². The lowest BCUT2D eigenvalue weighted by molar-refractivity contribution is -0.385. The minimum absolute atomic E-state index is 0.0454. The third-order valence-corrected chi connectivity index (χ3v) is 4.44. The molecule has 0 saturated heterocycles. The van der Waals surface area contributed by atoms with Crippen molar-refractivity contribution in [1.29, 1.82) is 0 Å². The fourth-order valence-corrected chi connectivity index (χ4v) is 3.15. The zero-order valence-electron chi connectivity index (χ0n) is 13.6. The molecule has 3 aromatic rings. The third kappa shape index (κ3) is 3.45. The number of para-hydroxylation sites is 1. The van der Waals surface area contributed by atoms with Crippen molar-refractivity contribution in [3.63, 3.8) is 0 Å². The van der Waals surface area contributed by atoms with Gasteiger partial charge in [0, 0.05) is 12.6 Å². The van der Waals surface area contributed by atoms with E-state index in [2.05, 4.69) is 15.2 Å². The topological polar surface area (TPSA) is 96.0 Å². The molecule has 1 aromatic carbocycles. The van der Waals surface area contributed by atoms with Crippen molar-refractivity contribution in [3.05, 3.63) is 52.7 Å². The number of benzene rings is 1. The van der Waals surface area contributed by atoms with Gasteiger partial charge in [0.2, 0.25) is 0 Å². The Morgan fingerprint density at radius 3 is 2.68 bits per heavy atom. The van der Waals surface area contributed by atoms with E-state index in [1.54, 1.807) is 13.2 Å². The molecule has 25 heavy (non-hydrogen) atoms. The minimum Gasteiger partial charge on any atom is -0.496 e. The molecule has 0 radical (unpaired) electrons. The van der Waals surface area contributed by atoms with Crippen molar-refractivity contribution >= 4 is 17.4 Å². The number of aromatic nitrogens is 4. The molecule has 8 nitrogen and oxygen atoms in total. The second-order valence-corrected chi connectivity index (χ2v) is 5.95. The number of nitrogens with zero attached hydrogens (tertiary/aromatic N) is 5. The maximum atomic E-state index is 10.7. The summed E-state index contributed by atoms with van der Waals surface area (Å²) in [6.07, 6.45) is 1.23. The zero-order valence-corrected chi connectivity index (χ0v) is 14.4. The number of ether oxygens (including phenoxy) is 1. The second-order valence-electron chi connectivity index (χ2n) is 4.96. The van der Waals surface area contributed by atoms with E-state index in [0.717, 1.165) is 11.3 Å². The van der Waals surface area contributed by atoms with Crippen molar-refractivity contribution < 1.29 is 9.66 Å². The van der Waals surface area contributed by atoms with Crippen LogP contribution in [0.15, 0.2) is 52.8 Å². The Labute approximate surface area is 148 Å². The molecular weight excluding hydrogens is 342 g/mol. The molecule has 0 aliphatic heterocycles. The van der Waals surface area contributed by atoms with Gasteiger partial charge in [-0.2, -0.15) is 0 Å². The molecule has 0 aliphatic carbocycles. The molecule has 2 heterocycles. The fourth-order valence-electron chi connectivity index (χ4n) is 2.31. The van der Waals surface area contributed by atoms with E-state index in [4.69, 9.17) is 4.74 Å². The van der Waals surface area contributed by atoms with Crippen LogP contribution in [0.1, 0.15) is 6.92 Å². The van der Waals surface area contributed by atoms with Gasteiger partial charge >= 0.3 is 0 Å². The van der Waals surface area contributed by atoms with Crippen LogP contribution in [-0.2, 0) is 6.54 Å². The van der Waals surface area contributed by atoms with E-state index in [1.165, 1.54) is 24.0 Å². The van der Waals surface area contributed by atoms with E-state index >= 15 is 0 Å². The average molecular weight is 357 g/mol. The number of rotatable bonds is 6. The first-order chi connectivity index (χ1) is 12.1. The summed E-state index contributed by atoms with van der Waals surface area (Å²) in [5, 5.41) is 20.5. The molecule has 0 amide bonds. The molecule has 2 aromatic heterocycles. The molecule has 0 atom stereocenters. The van der Waals surface area contributed by atoms with Gasteiger partial charge in [-0.05, 0) is 36.9 Å². The third-order valence-electron chi connectivity index (χ3n) is 3.51. The lowest BCUT2D eigenvalue weighted by Crippen LogP contribution is -2.01. The maximum absolute atomic E-state index is 10.7. The molecular formula is C16H15N5O3S. The average Bonchev–Trinajstić information content (AvgIpc) is 3.04. The van der Waals surface area contributed by atoms with Gasteiger partial charge in [-0.25, -0.2) is 4.98 Å². The lowest BCUT2D eigenvalue weighted by Gasteiger charge is -2.10. The second kappa shape index (κ2) is 7.31. The number of hydrogen-bond acceptors (Lipinski definition) is 7. The molecule has 0 fully saturated rings. The Bertz CT molecular complexity index is 895. The summed E-state index contributed by atoms with van der Waals surface area (Å²) >= 11 is 1.30. The van der Waals surface area contributed by atoms with Crippen molar-refractivity contribution in [3.8, 4) is 17.1 Å². The molecule has 128 valence electrons. The first kappa shape index (κ1) is 16.9. The van der Waals surface area contributed by atoms with Gasteiger partial charge in [-0.15, -0.1) is 10.2 Å². The lowest BCUT2D eigenvalue weighted by atomic mass is 10.2. The van der Waals surface area contributed by atoms with Crippen LogP contribution in [0.3, 0.4) is 0 Å². The Morgan fingerprint density at radius 1 is 1.24 bits per heavy atom. The largest absolute Gasteiger partial charge is 0.496 e. The van der Waals surface area contributed by atoms with Crippen LogP contribution in [-0.4, -0.2) is 31.8 Å². The number of hydrogen-bond donors (Lipinski definition) is 0. The molecule has 9 heteroatoms. The quantitative estimate of drug-likeness (QED) is 0.492. The standard InChI is InChI=1S/C16H15N5O3S/c1-3-20-15(12-6-4-5-7-13(12)24-2)18-19-16(20)25-14-9-8-11(10-17-14)21(22)23/h4-10H,3H2,1-2H3. The van der Waals surface area contributed by atoms with Crippen LogP contribution in [0, 0.1) is 10.1 Å². The molecule has 0 N–H and O–H groups in total. The summed E-state index contributed by atoms with van der Waals surface area (Å²) in [6, 6.07) is 10.6. The minimum atomic E-state index is -0.476. The van der Waals surface area contributed by atoms with Gasteiger partial charge in [0.15, 0.2) is 11.0 Å². The van der Waals surface area contributed by atoms with Crippen LogP contribution in [0.25, 0.3) is 11.4 Å². The summed E-state index contributed by atoms with van der Waals surface area (Å²) in [4.78, 5) is 14.3. The van der Waals surface area contributed by atoms with E-state index < -0.39 is 4.92 Å². The van der Waals surface area contributed by atoms with Gasteiger partial charge in [0.05, 0.1) is 17.6 Å². The van der Waals surface area contributed by atoms with Gasteiger partial charge in [0.1, 0.15) is 17.0 Å². The summed E-state index contributed by atoms with van der Waals surface area (Å²) in [5.74, 6) is 1.42. The number of nitro groups is 1. The molecule has 3 rings (SSSR count). The van der Waals surface area contributed by atoms with Crippen LogP contribution in [0.4, 0.5) is 5.69 Å². The Kier molecular flexibility index (Phi) is 4.94. The van der Waals surface area contributed by atoms with Gasteiger partial charge < -0.3 is 9.30 Å². The number of pyridine rings is 1. The van der Waals surface area contributed by atoms with E-state index in [9.17, 15) is 10.1 Å². The van der Waals surface area contributed by atoms with E-state index in [-0.39, 0.29) is 5.69 Å². The van der Waals surface area contributed by atoms with Crippen LogP contribution < -0.4 is 4.74 Å². The first-order valence-electron chi connectivity index (χ1n) is 7.49. The SMILES string of the molecule is CCn1c(Sc2ccc([N+](=O)[O-])cn2)nnc1-c1ccccc1OC. The van der Waals surface area contributed by atoms with Crippen LogP contribution in [0.5, 0.6) is 5.75 Å². The summed E-state index contributed by atoms with van der Waals surface area (Å²) in [5.41, 5.74) is 0.805. The normalized spacial score (nSPS) is 10.6. The smallest absolute Gasteiger partial charge is 0.287 e. The summed E-state index contributed by atoms with van der Waals surface area (Å²) in [7, 11) is 1.61. The molecule has 0 saturated carbocycles. The van der Waals surface area contributed by atoms with Gasteiger partial charge in [-0.1, -0.05) is 12.1 Å². The highest BCUT2D eigenvalue weighted by atomic mass is 32.2. The fraction of sp³-hybridized carbons (Fsp3) is 0.188. The predicted molar refractivity (Wildman–Crippen MR) is 92.7 cm³/mol. The Hall–Kier alpha value is -2.94. The first-order valence-corrected chi connectivity index (χ1v) is 8.30. The van der Waals surface area contributed by atoms with Crippen molar-refractivity contribution in [2.75, 3.05) is 7.11 Å². The van der Waals surface area contributed by atoms with Crippen LogP contribution >= 0.6 is 11.8 Å². The van der Waals surface area contributed by atoms with Crippen molar-refractivity contribution in [2.45, 2.75) is 23.7 Å². The van der Waals surface area contributed by atoms with E-state index in [0.29, 0.717) is 22.6 Å². The van der Waals surface area contributed by atoms with Crippen molar-refractivity contribution in [1.82, 2.24) is 19.7 Å². The zero-order chi connectivity index (χ0) is 17.8. The highest BCUT2D eigenvalue weighted by Gasteiger charge is 2.17. The van der Waals surface area contributed by atoms with Crippen molar-refractivity contribution in [2.24, 2.45) is 0 Å². The molecule has 0 spiro atoms. The van der Waals surface area contributed by atoms with Crippen LogP contribution in [0.2, 0.25) is 0 Å². The highest BCUT2D eigenvalue weighted by molar-refractivity contribution is 7.99. The Balaban J connectivity index is 1.93. The monoisotopic (exact) mass is 357 g/mol. The summed E-state index contributed by atoms with van der Waals surface area (Å²) in [6.45, 7) is 2.66. The summed E-state index contributed by atoms with van der Waals surface area (Å²) < 4.78 is 7.35. The predicted octanol–water partition coefficient (Wildman–Crippen LogP) is 3.43. The Morgan fingerprint density at radius 2 is 2.04 bits per heavy atom. The number of methoxy groups -OCH3 is 1.